The molecule has 1 saturated heterocycles. The third-order valence-corrected chi connectivity index (χ3v) is 4.35. The van der Waals surface area contributed by atoms with E-state index in [1.54, 1.807) is 24.5 Å². The zero-order valence-corrected chi connectivity index (χ0v) is 14.4. The van der Waals surface area contributed by atoms with E-state index in [0.29, 0.717) is 0 Å². The van der Waals surface area contributed by atoms with Crippen molar-refractivity contribution in [3.8, 4) is 0 Å². The van der Waals surface area contributed by atoms with Crippen LogP contribution in [-0.4, -0.2) is 34.3 Å². The lowest BCUT2D eigenvalue weighted by Crippen LogP contribution is -2.38. The first-order valence-electron chi connectivity index (χ1n) is 8.44. The smallest absolute Gasteiger partial charge is 0.351 e. The maximum Gasteiger partial charge on any atom is 0.416 e. The first-order chi connectivity index (χ1) is 12.8. The SMILES string of the molecule is O=C(Cc1cccnc1)NC1CC(=O)N(Cc2ccccc2C(F)(F)F)C1. The number of nitrogens with one attached hydrogen (secondary N) is 1. The number of alkyl halides is 3. The van der Waals surface area contributed by atoms with E-state index in [2.05, 4.69) is 10.3 Å². The maximum absolute atomic E-state index is 13.1. The molecule has 3 rings (SSSR count). The third kappa shape index (κ3) is 4.84. The monoisotopic (exact) mass is 377 g/mol. The van der Waals surface area contributed by atoms with E-state index in [9.17, 15) is 22.8 Å². The van der Waals surface area contributed by atoms with Gasteiger partial charge in [0.2, 0.25) is 11.8 Å². The van der Waals surface area contributed by atoms with Crippen molar-refractivity contribution in [1.29, 1.82) is 0 Å². The summed E-state index contributed by atoms with van der Waals surface area (Å²) in [5.41, 5.74) is 0.0397. The summed E-state index contributed by atoms with van der Waals surface area (Å²) < 4.78 is 39.3. The van der Waals surface area contributed by atoms with Gasteiger partial charge in [-0.25, -0.2) is 0 Å². The summed E-state index contributed by atoms with van der Waals surface area (Å²) in [6.07, 6.45) is -1.08. The molecule has 0 aliphatic carbocycles. The van der Waals surface area contributed by atoms with Gasteiger partial charge in [0.1, 0.15) is 0 Å². The topological polar surface area (TPSA) is 62.3 Å². The molecule has 0 radical (unpaired) electrons. The lowest BCUT2D eigenvalue weighted by atomic mass is 10.1. The van der Waals surface area contributed by atoms with Gasteiger partial charge in [-0.2, -0.15) is 13.2 Å². The Kier molecular flexibility index (Phi) is 5.43. The third-order valence-electron chi connectivity index (χ3n) is 4.35. The number of hydrogen-bond donors (Lipinski definition) is 1. The summed E-state index contributed by atoms with van der Waals surface area (Å²) >= 11 is 0. The molecule has 0 bridgehead atoms. The second-order valence-corrected chi connectivity index (χ2v) is 6.44. The lowest BCUT2D eigenvalue weighted by Gasteiger charge is -2.20. The predicted octanol–water partition coefficient (Wildman–Crippen LogP) is 2.56. The summed E-state index contributed by atoms with van der Waals surface area (Å²) in [6.45, 7) is 0.0489. The Labute approximate surface area is 154 Å². The second kappa shape index (κ2) is 7.77. The van der Waals surface area contributed by atoms with Crippen LogP contribution in [0.1, 0.15) is 23.1 Å². The van der Waals surface area contributed by atoms with Crippen LogP contribution in [0.15, 0.2) is 48.8 Å². The van der Waals surface area contributed by atoms with Crippen LogP contribution < -0.4 is 5.32 Å². The van der Waals surface area contributed by atoms with Crippen molar-refractivity contribution in [3.63, 3.8) is 0 Å². The summed E-state index contributed by atoms with van der Waals surface area (Å²) in [5.74, 6) is -0.531. The number of hydrogen-bond acceptors (Lipinski definition) is 3. The van der Waals surface area contributed by atoms with Crippen molar-refractivity contribution in [2.45, 2.75) is 31.6 Å². The standard InChI is InChI=1S/C19H18F3N3O2/c20-19(21,22)16-6-2-1-5-14(16)11-25-12-15(9-18(25)27)24-17(26)8-13-4-3-7-23-10-13/h1-7,10,15H,8-9,11-12H2,(H,24,26). The summed E-state index contributed by atoms with van der Waals surface area (Å²) in [5, 5.41) is 2.77. The molecule has 5 nitrogen and oxygen atoms in total. The molecular formula is C19H18F3N3O2. The van der Waals surface area contributed by atoms with Crippen molar-refractivity contribution >= 4 is 11.8 Å². The average Bonchev–Trinajstić information content (AvgIpc) is 2.94. The molecule has 1 aromatic carbocycles. The molecule has 8 heteroatoms. The number of halogens is 3. The van der Waals surface area contributed by atoms with Gasteiger partial charge in [0.05, 0.1) is 18.0 Å². The minimum absolute atomic E-state index is 0.0423. The molecule has 2 heterocycles. The Morgan fingerprint density at radius 3 is 2.70 bits per heavy atom. The highest BCUT2D eigenvalue weighted by atomic mass is 19.4. The molecular weight excluding hydrogens is 359 g/mol. The molecule has 1 N–H and O–H groups in total. The van der Waals surface area contributed by atoms with Crippen LogP contribution in [0.25, 0.3) is 0 Å². The fraction of sp³-hybridized carbons (Fsp3) is 0.316. The van der Waals surface area contributed by atoms with Crippen LogP contribution in [0.5, 0.6) is 0 Å². The van der Waals surface area contributed by atoms with Crippen molar-refractivity contribution in [2.75, 3.05) is 6.54 Å². The van der Waals surface area contributed by atoms with E-state index in [1.165, 1.54) is 23.1 Å². The van der Waals surface area contributed by atoms with Crippen LogP contribution in [0.2, 0.25) is 0 Å². The highest BCUT2D eigenvalue weighted by Gasteiger charge is 2.35. The molecule has 1 aromatic heterocycles. The van der Waals surface area contributed by atoms with Crippen LogP contribution in [-0.2, 0) is 28.7 Å². The van der Waals surface area contributed by atoms with Crippen molar-refractivity contribution < 1.29 is 22.8 Å². The number of likely N-dealkylation sites (tertiary alicyclic amines) is 1. The normalized spacial score (nSPS) is 17.2. The summed E-state index contributed by atoms with van der Waals surface area (Å²) in [6, 6.07) is 8.28. The minimum Gasteiger partial charge on any atom is -0.351 e. The summed E-state index contributed by atoms with van der Waals surface area (Å²) in [4.78, 5) is 29.6. The van der Waals surface area contributed by atoms with Gasteiger partial charge < -0.3 is 10.2 Å². The van der Waals surface area contributed by atoms with E-state index in [1.807, 2.05) is 0 Å². The zero-order valence-electron chi connectivity index (χ0n) is 14.4. The predicted molar refractivity (Wildman–Crippen MR) is 91.3 cm³/mol. The molecule has 0 saturated carbocycles. The Bertz CT molecular complexity index is 824. The van der Waals surface area contributed by atoms with Crippen LogP contribution in [0, 0.1) is 0 Å². The number of aromatic nitrogens is 1. The molecule has 1 aliphatic rings. The van der Waals surface area contributed by atoms with Crippen LogP contribution in [0.4, 0.5) is 13.2 Å². The van der Waals surface area contributed by atoms with E-state index in [4.69, 9.17) is 0 Å². The van der Waals surface area contributed by atoms with Gasteiger partial charge in [-0.1, -0.05) is 24.3 Å². The van der Waals surface area contributed by atoms with E-state index >= 15 is 0 Å². The Morgan fingerprint density at radius 1 is 1.22 bits per heavy atom. The first-order valence-corrected chi connectivity index (χ1v) is 8.44. The number of pyridine rings is 1. The first kappa shape index (κ1) is 18.9. The summed E-state index contributed by atoms with van der Waals surface area (Å²) in [7, 11) is 0. The highest BCUT2D eigenvalue weighted by Crippen LogP contribution is 2.32. The van der Waals surface area contributed by atoms with E-state index in [-0.39, 0.29) is 43.3 Å². The molecule has 1 aliphatic heterocycles. The quantitative estimate of drug-likeness (QED) is 0.871. The number of amides is 2. The molecule has 2 amide bonds. The zero-order chi connectivity index (χ0) is 19.4. The van der Waals surface area contributed by atoms with Crippen LogP contribution in [0.3, 0.4) is 0 Å². The van der Waals surface area contributed by atoms with Crippen molar-refractivity contribution in [2.24, 2.45) is 0 Å². The fourth-order valence-electron chi connectivity index (χ4n) is 3.13. The van der Waals surface area contributed by atoms with E-state index in [0.717, 1.165) is 11.6 Å². The Hall–Kier alpha value is -2.90. The Morgan fingerprint density at radius 2 is 2.00 bits per heavy atom. The van der Waals surface area contributed by atoms with Gasteiger partial charge in [0.25, 0.3) is 0 Å². The number of carbonyl (C=O) groups excluding carboxylic acids is 2. The molecule has 0 spiro atoms. The average molecular weight is 377 g/mol. The van der Waals surface area contributed by atoms with Gasteiger partial charge >= 0.3 is 6.18 Å². The van der Waals surface area contributed by atoms with Gasteiger partial charge in [0, 0.05) is 31.9 Å². The molecule has 2 aromatic rings. The minimum atomic E-state index is -4.48. The Balaban J connectivity index is 1.61. The fourth-order valence-corrected chi connectivity index (χ4v) is 3.13. The van der Waals surface area contributed by atoms with Gasteiger partial charge in [-0.15, -0.1) is 0 Å². The lowest BCUT2D eigenvalue weighted by molar-refractivity contribution is -0.139. The largest absolute Gasteiger partial charge is 0.416 e. The number of benzene rings is 1. The van der Waals surface area contributed by atoms with Crippen molar-refractivity contribution in [3.05, 3.63) is 65.5 Å². The second-order valence-electron chi connectivity index (χ2n) is 6.44. The highest BCUT2D eigenvalue weighted by molar-refractivity contribution is 5.83. The van der Waals surface area contributed by atoms with Crippen LogP contribution >= 0.6 is 0 Å². The molecule has 1 atom stereocenters. The van der Waals surface area contributed by atoms with Crippen molar-refractivity contribution in [1.82, 2.24) is 15.2 Å². The number of carbonyl (C=O) groups is 2. The number of rotatable bonds is 5. The van der Waals surface area contributed by atoms with Gasteiger partial charge in [0.15, 0.2) is 0 Å². The molecule has 27 heavy (non-hydrogen) atoms. The molecule has 1 fully saturated rings. The van der Waals surface area contributed by atoms with Gasteiger partial charge in [-0.3, -0.25) is 14.6 Å². The number of nitrogens with zero attached hydrogens (tertiary/aromatic N) is 2. The van der Waals surface area contributed by atoms with Gasteiger partial charge in [-0.05, 0) is 23.3 Å². The van der Waals surface area contributed by atoms with E-state index < -0.39 is 17.8 Å². The maximum atomic E-state index is 13.1. The molecule has 142 valence electrons. The molecule has 1 unspecified atom stereocenters.